The molecule has 1 atom stereocenters. The number of likely N-dealkylation sites (N-methyl/N-ethyl adjacent to an activating group) is 1. The molecule has 0 fully saturated rings. The maximum absolute atomic E-state index is 5.18. The van der Waals surface area contributed by atoms with Gasteiger partial charge in [-0.05, 0) is 49.4 Å². The predicted molar refractivity (Wildman–Crippen MR) is 78.2 cm³/mol. The lowest BCUT2D eigenvalue weighted by Crippen LogP contribution is -2.31. The van der Waals surface area contributed by atoms with Crippen molar-refractivity contribution >= 4 is 0 Å². The molecule has 0 bridgehead atoms. The van der Waals surface area contributed by atoms with Gasteiger partial charge in [0, 0.05) is 6.04 Å². The van der Waals surface area contributed by atoms with Crippen molar-refractivity contribution < 1.29 is 4.74 Å². The van der Waals surface area contributed by atoms with E-state index in [4.69, 9.17) is 4.74 Å². The van der Waals surface area contributed by atoms with Gasteiger partial charge in [-0.25, -0.2) is 0 Å². The number of methoxy groups -OCH3 is 1. The molecule has 1 rings (SSSR count). The van der Waals surface area contributed by atoms with Gasteiger partial charge in [0.05, 0.1) is 7.11 Å². The Bertz CT molecular complexity index is 318. The van der Waals surface area contributed by atoms with Gasteiger partial charge < -0.3 is 10.1 Å². The monoisotopic (exact) mass is 249 g/mol. The molecule has 18 heavy (non-hydrogen) atoms. The predicted octanol–water partition coefficient (Wildman–Crippen LogP) is 3.65. The van der Waals surface area contributed by atoms with Crippen LogP contribution in [-0.2, 0) is 6.42 Å². The molecule has 1 aromatic carbocycles. The van der Waals surface area contributed by atoms with Crippen molar-refractivity contribution in [3.05, 3.63) is 29.8 Å². The van der Waals surface area contributed by atoms with Crippen LogP contribution in [0.3, 0.4) is 0 Å². The topological polar surface area (TPSA) is 21.3 Å². The third kappa shape index (κ3) is 5.54. The molecule has 0 radical (unpaired) electrons. The number of nitrogens with one attached hydrogen (secondary N) is 1. The summed E-state index contributed by atoms with van der Waals surface area (Å²) in [6, 6.07) is 9.00. The lowest BCUT2D eigenvalue weighted by atomic mass is 9.98. The normalized spacial score (nSPS) is 12.7. The van der Waals surface area contributed by atoms with Gasteiger partial charge in [-0.3, -0.25) is 0 Å². The first-order valence-electron chi connectivity index (χ1n) is 7.02. The largest absolute Gasteiger partial charge is 0.497 e. The minimum Gasteiger partial charge on any atom is -0.497 e. The molecule has 2 heteroatoms. The van der Waals surface area contributed by atoms with Crippen LogP contribution < -0.4 is 10.1 Å². The summed E-state index contributed by atoms with van der Waals surface area (Å²) in [7, 11) is 1.71. The average molecular weight is 249 g/mol. The molecule has 1 N–H and O–H groups in total. The third-order valence-electron chi connectivity index (χ3n) is 3.23. The minimum atomic E-state index is 0.589. The van der Waals surface area contributed by atoms with Crippen LogP contribution in [-0.4, -0.2) is 19.7 Å². The Balaban J connectivity index is 2.52. The van der Waals surface area contributed by atoms with Crippen molar-refractivity contribution in [2.75, 3.05) is 13.7 Å². The number of benzene rings is 1. The lowest BCUT2D eigenvalue weighted by molar-refractivity contribution is 0.414. The number of rotatable bonds is 8. The molecule has 0 aliphatic rings. The molecular formula is C16H27NO. The molecule has 0 saturated carbocycles. The van der Waals surface area contributed by atoms with Gasteiger partial charge in [-0.2, -0.15) is 0 Å². The van der Waals surface area contributed by atoms with Crippen LogP contribution in [0.2, 0.25) is 0 Å². The van der Waals surface area contributed by atoms with Crippen LogP contribution in [0.4, 0.5) is 0 Å². The Kier molecular flexibility index (Phi) is 6.81. The molecule has 1 aromatic rings. The van der Waals surface area contributed by atoms with Gasteiger partial charge in [0.2, 0.25) is 0 Å². The highest BCUT2D eigenvalue weighted by Gasteiger charge is 2.09. The van der Waals surface area contributed by atoms with E-state index >= 15 is 0 Å². The van der Waals surface area contributed by atoms with Crippen molar-refractivity contribution in [1.29, 1.82) is 0 Å². The fourth-order valence-electron chi connectivity index (χ4n) is 2.15. The molecule has 102 valence electrons. The van der Waals surface area contributed by atoms with E-state index in [1.54, 1.807) is 7.11 Å². The van der Waals surface area contributed by atoms with Crippen molar-refractivity contribution in [3.8, 4) is 5.75 Å². The number of ether oxygens (including phenoxy) is 1. The Morgan fingerprint density at radius 2 is 1.78 bits per heavy atom. The highest BCUT2D eigenvalue weighted by molar-refractivity contribution is 5.27. The van der Waals surface area contributed by atoms with Gasteiger partial charge in [-0.1, -0.05) is 32.9 Å². The average Bonchev–Trinajstić information content (AvgIpc) is 2.37. The maximum atomic E-state index is 5.18. The van der Waals surface area contributed by atoms with Crippen molar-refractivity contribution in [2.24, 2.45) is 5.92 Å². The van der Waals surface area contributed by atoms with Crippen LogP contribution in [0.5, 0.6) is 5.75 Å². The highest BCUT2D eigenvalue weighted by Crippen LogP contribution is 2.15. The molecular weight excluding hydrogens is 222 g/mol. The van der Waals surface area contributed by atoms with E-state index < -0.39 is 0 Å². The quantitative estimate of drug-likeness (QED) is 0.759. The zero-order chi connectivity index (χ0) is 13.4. The molecule has 2 nitrogen and oxygen atoms in total. The van der Waals surface area contributed by atoms with Crippen LogP contribution in [0, 0.1) is 5.92 Å². The van der Waals surface area contributed by atoms with Crippen LogP contribution in [0.1, 0.15) is 39.2 Å². The minimum absolute atomic E-state index is 0.589. The lowest BCUT2D eigenvalue weighted by Gasteiger charge is -2.19. The molecule has 0 saturated heterocycles. The summed E-state index contributed by atoms with van der Waals surface area (Å²) in [5.74, 6) is 1.71. The Morgan fingerprint density at radius 1 is 1.11 bits per heavy atom. The first-order chi connectivity index (χ1) is 8.65. The zero-order valence-electron chi connectivity index (χ0n) is 12.2. The Labute approximate surface area is 112 Å². The standard InChI is InChI=1S/C16H27NO/c1-5-17-15(9-6-13(2)3)12-14-7-10-16(18-4)11-8-14/h7-8,10-11,13,15,17H,5-6,9,12H2,1-4H3. The molecule has 0 amide bonds. The third-order valence-corrected chi connectivity index (χ3v) is 3.23. The molecule has 0 aromatic heterocycles. The highest BCUT2D eigenvalue weighted by atomic mass is 16.5. The van der Waals surface area contributed by atoms with E-state index in [-0.39, 0.29) is 0 Å². The second kappa shape index (κ2) is 8.15. The fourth-order valence-corrected chi connectivity index (χ4v) is 2.15. The summed E-state index contributed by atoms with van der Waals surface area (Å²) < 4.78 is 5.18. The molecule has 1 unspecified atom stereocenters. The zero-order valence-corrected chi connectivity index (χ0v) is 12.2. The fraction of sp³-hybridized carbons (Fsp3) is 0.625. The second-order valence-electron chi connectivity index (χ2n) is 5.28. The maximum Gasteiger partial charge on any atom is 0.118 e. The summed E-state index contributed by atoms with van der Waals surface area (Å²) in [5, 5.41) is 3.58. The van der Waals surface area contributed by atoms with Gasteiger partial charge in [0.1, 0.15) is 5.75 Å². The Morgan fingerprint density at radius 3 is 2.28 bits per heavy atom. The summed E-state index contributed by atoms with van der Waals surface area (Å²) in [5.41, 5.74) is 1.38. The van der Waals surface area contributed by atoms with Crippen molar-refractivity contribution in [1.82, 2.24) is 5.32 Å². The first-order valence-corrected chi connectivity index (χ1v) is 7.02. The smallest absolute Gasteiger partial charge is 0.118 e. The second-order valence-corrected chi connectivity index (χ2v) is 5.28. The van der Waals surface area contributed by atoms with Gasteiger partial charge in [0.15, 0.2) is 0 Å². The van der Waals surface area contributed by atoms with Crippen molar-refractivity contribution in [3.63, 3.8) is 0 Å². The van der Waals surface area contributed by atoms with Gasteiger partial charge in [0.25, 0.3) is 0 Å². The SMILES string of the molecule is CCNC(CCC(C)C)Cc1ccc(OC)cc1. The molecule has 0 spiro atoms. The van der Waals surface area contributed by atoms with E-state index in [1.807, 2.05) is 12.1 Å². The van der Waals surface area contributed by atoms with E-state index in [0.717, 1.165) is 24.6 Å². The van der Waals surface area contributed by atoms with Gasteiger partial charge in [-0.15, -0.1) is 0 Å². The molecule has 0 aliphatic heterocycles. The summed E-state index contributed by atoms with van der Waals surface area (Å²) >= 11 is 0. The van der Waals surface area contributed by atoms with E-state index in [9.17, 15) is 0 Å². The number of hydrogen-bond acceptors (Lipinski definition) is 2. The van der Waals surface area contributed by atoms with Crippen molar-refractivity contribution in [2.45, 2.75) is 46.1 Å². The first kappa shape index (κ1) is 15.0. The summed E-state index contributed by atoms with van der Waals surface area (Å²) in [6.07, 6.45) is 3.63. The van der Waals surface area contributed by atoms with E-state index in [0.29, 0.717) is 6.04 Å². The van der Waals surface area contributed by atoms with Gasteiger partial charge >= 0.3 is 0 Å². The van der Waals surface area contributed by atoms with Crippen LogP contribution in [0.25, 0.3) is 0 Å². The Hall–Kier alpha value is -1.02. The van der Waals surface area contributed by atoms with E-state index in [1.165, 1.54) is 18.4 Å². The molecule has 0 aliphatic carbocycles. The summed E-state index contributed by atoms with van der Waals surface area (Å²) in [6.45, 7) is 7.79. The van der Waals surface area contributed by atoms with Crippen LogP contribution in [0.15, 0.2) is 24.3 Å². The number of hydrogen-bond donors (Lipinski definition) is 1. The van der Waals surface area contributed by atoms with E-state index in [2.05, 4.69) is 38.2 Å². The summed E-state index contributed by atoms with van der Waals surface area (Å²) in [4.78, 5) is 0. The van der Waals surface area contributed by atoms with Crippen LogP contribution >= 0.6 is 0 Å². The molecule has 0 heterocycles.